The molecule has 32 heavy (non-hydrogen) atoms. The van der Waals surface area contributed by atoms with Crippen molar-refractivity contribution in [2.75, 3.05) is 20.6 Å². The van der Waals surface area contributed by atoms with Crippen molar-refractivity contribution in [3.63, 3.8) is 0 Å². The van der Waals surface area contributed by atoms with Gasteiger partial charge in [0, 0.05) is 6.54 Å². The standard InChI is InChI=1S/C25H35N5O.ClH/c1-17-5-7-21(8-6-17)22(29(3)4)14-26-23(31)24-10-19-9-20(11-24)13-25(12-19,15-24)30-16-27-18(2)28-30;/h5-8,16,19-20,22H,9-15H2,1-4H3,(H,26,31);1H. The lowest BCUT2D eigenvalue weighted by Crippen LogP contribution is -2.61. The Morgan fingerprint density at radius 3 is 2.38 bits per heavy atom. The number of halogens is 1. The van der Waals surface area contributed by atoms with Crippen LogP contribution in [0.3, 0.4) is 0 Å². The molecule has 2 aromatic rings. The molecule has 7 heteroatoms. The van der Waals surface area contributed by atoms with Crippen LogP contribution in [0.25, 0.3) is 0 Å². The number of aromatic nitrogens is 3. The van der Waals surface area contributed by atoms with E-state index in [1.165, 1.54) is 17.5 Å². The molecule has 4 saturated carbocycles. The minimum absolute atomic E-state index is 0. The first-order valence-electron chi connectivity index (χ1n) is 11.7. The summed E-state index contributed by atoms with van der Waals surface area (Å²) in [6, 6.07) is 8.83. The summed E-state index contributed by atoms with van der Waals surface area (Å²) in [4.78, 5) is 20.3. The topological polar surface area (TPSA) is 63.1 Å². The SMILES string of the molecule is Cc1ccc(C(CNC(=O)C23CC4CC(C2)CC(n2cnc(C)n2)(C4)C3)N(C)C)cc1.Cl. The molecule has 0 aliphatic heterocycles. The zero-order valence-electron chi connectivity index (χ0n) is 19.7. The summed E-state index contributed by atoms with van der Waals surface area (Å²) in [5.74, 6) is 2.32. The zero-order chi connectivity index (χ0) is 21.8. The molecule has 1 N–H and O–H groups in total. The fourth-order valence-corrected chi connectivity index (χ4v) is 7.09. The second-order valence-electron chi connectivity index (χ2n) is 10.8. The summed E-state index contributed by atoms with van der Waals surface area (Å²) in [5.41, 5.74) is 2.22. The zero-order valence-corrected chi connectivity index (χ0v) is 20.5. The second-order valence-corrected chi connectivity index (χ2v) is 10.8. The Morgan fingerprint density at radius 1 is 1.16 bits per heavy atom. The van der Waals surface area contributed by atoms with Crippen LogP contribution in [0.2, 0.25) is 0 Å². The molecular weight excluding hydrogens is 422 g/mol. The normalized spacial score (nSPS) is 31.4. The van der Waals surface area contributed by atoms with Crippen molar-refractivity contribution >= 4 is 18.3 Å². The van der Waals surface area contributed by atoms with Gasteiger partial charge in [-0.2, -0.15) is 5.10 Å². The first-order chi connectivity index (χ1) is 14.8. The molecule has 6 nitrogen and oxygen atoms in total. The van der Waals surface area contributed by atoms with Crippen LogP contribution in [0, 0.1) is 31.1 Å². The average Bonchev–Trinajstić information content (AvgIpc) is 3.15. The number of hydrogen-bond acceptors (Lipinski definition) is 4. The van der Waals surface area contributed by atoms with Crippen molar-refractivity contribution in [1.29, 1.82) is 0 Å². The van der Waals surface area contributed by atoms with E-state index in [0.717, 1.165) is 37.9 Å². The molecule has 4 aliphatic rings. The predicted molar refractivity (Wildman–Crippen MR) is 128 cm³/mol. The molecule has 174 valence electrons. The van der Waals surface area contributed by atoms with Crippen LogP contribution >= 0.6 is 12.4 Å². The number of carbonyl (C=O) groups excluding carboxylic acids is 1. The maximum Gasteiger partial charge on any atom is 0.226 e. The molecule has 1 aromatic heterocycles. The molecule has 1 amide bonds. The van der Waals surface area contributed by atoms with Crippen molar-refractivity contribution in [2.24, 2.45) is 17.3 Å². The summed E-state index contributed by atoms with van der Waals surface area (Å²) in [5, 5.41) is 8.08. The number of benzene rings is 1. The summed E-state index contributed by atoms with van der Waals surface area (Å²) >= 11 is 0. The first-order valence-corrected chi connectivity index (χ1v) is 11.7. The van der Waals surface area contributed by atoms with Gasteiger partial charge in [-0.25, -0.2) is 9.67 Å². The number of hydrogen-bond donors (Lipinski definition) is 1. The maximum absolute atomic E-state index is 13.7. The number of likely N-dealkylation sites (N-methyl/N-ethyl adjacent to an activating group) is 1. The summed E-state index contributed by atoms with van der Waals surface area (Å²) < 4.78 is 2.11. The van der Waals surface area contributed by atoms with Gasteiger partial charge in [0.25, 0.3) is 0 Å². The average molecular weight is 458 g/mol. The monoisotopic (exact) mass is 457 g/mol. The molecule has 3 unspecified atom stereocenters. The summed E-state index contributed by atoms with van der Waals surface area (Å²) in [6.07, 6.45) is 8.42. The number of nitrogens with zero attached hydrogens (tertiary/aromatic N) is 4. The van der Waals surface area contributed by atoms with Crippen LogP contribution < -0.4 is 5.32 Å². The van der Waals surface area contributed by atoms with Gasteiger partial charge in [0.2, 0.25) is 5.91 Å². The van der Waals surface area contributed by atoms with Gasteiger partial charge in [-0.05, 0) is 83.9 Å². The van der Waals surface area contributed by atoms with Crippen LogP contribution in [-0.4, -0.2) is 46.2 Å². The summed E-state index contributed by atoms with van der Waals surface area (Å²) in [7, 11) is 4.17. The lowest BCUT2D eigenvalue weighted by molar-refractivity contribution is -0.156. The van der Waals surface area contributed by atoms with E-state index in [-0.39, 0.29) is 35.3 Å². The lowest BCUT2D eigenvalue weighted by Gasteiger charge is -2.61. The lowest BCUT2D eigenvalue weighted by atomic mass is 9.46. The smallest absolute Gasteiger partial charge is 0.226 e. The summed E-state index contributed by atoms with van der Waals surface area (Å²) in [6.45, 7) is 4.70. The largest absolute Gasteiger partial charge is 0.354 e. The Bertz CT molecular complexity index is 955. The number of rotatable bonds is 6. The van der Waals surface area contributed by atoms with E-state index < -0.39 is 0 Å². The molecule has 1 heterocycles. The van der Waals surface area contributed by atoms with Crippen LogP contribution in [-0.2, 0) is 10.3 Å². The van der Waals surface area contributed by atoms with Gasteiger partial charge in [-0.3, -0.25) is 4.79 Å². The Balaban J connectivity index is 0.00000245. The highest BCUT2D eigenvalue weighted by Crippen LogP contribution is 2.64. The fourth-order valence-electron chi connectivity index (χ4n) is 7.09. The molecule has 4 aliphatic carbocycles. The van der Waals surface area contributed by atoms with E-state index >= 15 is 0 Å². The van der Waals surface area contributed by atoms with Crippen LogP contribution in [0.4, 0.5) is 0 Å². The van der Waals surface area contributed by atoms with Crippen molar-refractivity contribution < 1.29 is 4.79 Å². The molecule has 4 fully saturated rings. The van der Waals surface area contributed by atoms with Gasteiger partial charge >= 0.3 is 0 Å². The number of amides is 1. The quantitative estimate of drug-likeness (QED) is 0.711. The molecule has 6 rings (SSSR count). The molecular formula is C25H36ClN5O. The molecule has 0 spiro atoms. The predicted octanol–water partition coefficient (Wildman–Crippen LogP) is 4.03. The van der Waals surface area contributed by atoms with Gasteiger partial charge < -0.3 is 10.2 Å². The highest BCUT2D eigenvalue weighted by Gasteiger charge is 2.61. The van der Waals surface area contributed by atoms with Crippen LogP contribution in [0.5, 0.6) is 0 Å². The highest BCUT2D eigenvalue weighted by molar-refractivity contribution is 5.85. The van der Waals surface area contributed by atoms with Crippen LogP contribution in [0.1, 0.15) is 61.5 Å². The van der Waals surface area contributed by atoms with Gasteiger partial charge in [0.15, 0.2) is 0 Å². The van der Waals surface area contributed by atoms with Crippen molar-refractivity contribution in [1.82, 2.24) is 25.0 Å². The van der Waals surface area contributed by atoms with Gasteiger partial charge in [0.1, 0.15) is 12.2 Å². The Kier molecular flexibility index (Phi) is 6.14. The molecule has 1 aromatic carbocycles. The Labute approximate surface area is 197 Å². The number of nitrogens with one attached hydrogen (secondary N) is 1. The van der Waals surface area contributed by atoms with Crippen molar-refractivity contribution in [3.05, 3.63) is 47.5 Å². The number of aryl methyl sites for hydroxylation is 2. The van der Waals surface area contributed by atoms with Crippen molar-refractivity contribution in [3.8, 4) is 0 Å². The van der Waals surface area contributed by atoms with Crippen molar-refractivity contribution in [2.45, 2.75) is 64.0 Å². The minimum Gasteiger partial charge on any atom is -0.354 e. The molecule has 0 saturated heterocycles. The second kappa shape index (κ2) is 8.45. The van der Waals surface area contributed by atoms with E-state index in [2.05, 4.69) is 65.2 Å². The minimum atomic E-state index is -0.256. The third-order valence-electron chi connectivity index (χ3n) is 8.15. The Morgan fingerprint density at radius 2 is 1.81 bits per heavy atom. The van der Waals surface area contributed by atoms with E-state index in [4.69, 9.17) is 5.10 Å². The Hall–Kier alpha value is -1.92. The fraction of sp³-hybridized carbons (Fsp3) is 0.640. The van der Waals surface area contributed by atoms with E-state index in [9.17, 15) is 4.79 Å². The third kappa shape index (κ3) is 3.96. The first kappa shape index (κ1) is 23.2. The van der Waals surface area contributed by atoms with E-state index in [1.54, 1.807) is 0 Å². The van der Waals surface area contributed by atoms with Gasteiger partial charge in [-0.1, -0.05) is 29.8 Å². The maximum atomic E-state index is 13.7. The molecule has 3 atom stereocenters. The van der Waals surface area contributed by atoms with Gasteiger partial charge in [0.05, 0.1) is 17.0 Å². The van der Waals surface area contributed by atoms with Crippen LogP contribution in [0.15, 0.2) is 30.6 Å². The third-order valence-corrected chi connectivity index (χ3v) is 8.15. The molecule has 4 bridgehead atoms. The highest BCUT2D eigenvalue weighted by atomic mass is 35.5. The van der Waals surface area contributed by atoms with E-state index in [1.807, 2.05) is 13.3 Å². The number of carbonyl (C=O) groups is 1. The van der Waals surface area contributed by atoms with Gasteiger partial charge in [-0.15, -0.1) is 12.4 Å². The molecule has 0 radical (unpaired) electrons. The van der Waals surface area contributed by atoms with E-state index in [0.29, 0.717) is 18.4 Å².